The van der Waals surface area contributed by atoms with Crippen molar-refractivity contribution in [3.63, 3.8) is 0 Å². The molecule has 0 aromatic rings. The van der Waals surface area contributed by atoms with Gasteiger partial charge in [-0.15, -0.1) is 0 Å². The third kappa shape index (κ3) is 6.03. The lowest BCUT2D eigenvalue weighted by molar-refractivity contribution is 0.368. The fourth-order valence-corrected chi connectivity index (χ4v) is 1.62. The average molecular weight is 199 g/mol. The lowest BCUT2D eigenvalue weighted by Crippen LogP contribution is -2.23. The molecular weight excluding hydrogens is 178 g/mol. The summed E-state index contributed by atoms with van der Waals surface area (Å²) in [5.74, 6) is 0. The minimum absolute atomic E-state index is 0.454. The van der Waals surface area contributed by atoms with Gasteiger partial charge in [0.25, 0.3) is 0 Å². The van der Waals surface area contributed by atoms with Crippen LogP contribution in [-0.4, -0.2) is 11.0 Å². The number of hydrogen-bond donors (Lipinski definition) is 1. The van der Waals surface area contributed by atoms with Crippen LogP contribution in [0, 0.1) is 5.41 Å². The Morgan fingerprint density at radius 2 is 2.00 bits per heavy atom. The highest BCUT2D eigenvalue weighted by Crippen LogP contribution is 2.22. The van der Waals surface area contributed by atoms with Crippen molar-refractivity contribution in [1.82, 2.24) is 5.32 Å². The van der Waals surface area contributed by atoms with Crippen LogP contribution in [0.3, 0.4) is 0 Å². The topological polar surface area (TPSA) is 12.0 Å². The minimum atomic E-state index is 0.454. The van der Waals surface area contributed by atoms with Crippen LogP contribution in [0.25, 0.3) is 0 Å². The molecule has 0 amide bonds. The molecule has 13 heavy (non-hydrogen) atoms. The lowest BCUT2D eigenvalue weighted by atomic mass is 9.90. The summed E-state index contributed by atoms with van der Waals surface area (Å²) in [7, 11) is 0. The SMILES string of the molecule is CC(C)(C)CCCC(=S)NC1CC1. The Balaban J connectivity index is 2.01. The van der Waals surface area contributed by atoms with Gasteiger partial charge in [-0.05, 0) is 37.5 Å². The third-order valence-electron chi connectivity index (χ3n) is 2.27. The Hall–Kier alpha value is -0.110. The Bertz CT molecular complexity index is 177. The number of rotatable bonds is 4. The van der Waals surface area contributed by atoms with Crippen molar-refractivity contribution in [3.8, 4) is 0 Å². The van der Waals surface area contributed by atoms with E-state index in [0.29, 0.717) is 5.41 Å². The van der Waals surface area contributed by atoms with E-state index in [1.165, 1.54) is 25.7 Å². The van der Waals surface area contributed by atoms with Crippen molar-refractivity contribution in [2.24, 2.45) is 5.41 Å². The maximum Gasteiger partial charge on any atom is 0.0755 e. The molecule has 0 spiro atoms. The molecule has 1 aliphatic rings. The van der Waals surface area contributed by atoms with Gasteiger partial charge < -0.3 is 5.32 Å². The first-order valence-electron chi connectivity index (χ1n) is 5.27. The normalized spacial score (nSPS) is 17.2. The molecule has 0 heterocycles. The second kappa shape index (κ2) is 4.41. The highest BCUT2D eigenvalue weighted by molar-refractivity contribution is 7.80. The molecule has 0 atom stereocenters. The predicted octanol–water partition coefficient (Wildman–Crippen LogP) is 3.28. The van der Waals surface area contributed by atoms with E-state index in [-0.39, 0.29) is 0 Å². The van der Waals surface area contributed by atoms with E-state index in [1.807, 2.05) is 0 Å². The smallest absolute Gasteiger partial charge is 0.0755 e. The molecule has 1 rings (SSSR count). The van der Waals surface area contributed by atoms with E-state index in [2.05, 4.69) is 26.1 Å². The molecule has 0 aromatic heterocycles. The molecule has 0 aliphatic heterocycles. The molecule has 76 valence electrons. The van der Waals surface area contributed by atoms with Crippen LogP contribution in [0.2, 0.25) is 0 Å². The Morgan fingerprint density at radius 1 is 1.38 bits per heavy atom. The van der Waals surface area contributed by atoms with E-state index in [1.54, 1.807) is 0 Å². The molecule has 2 heteroatoms. The first-order chi connectivity index (χ1) is 5.97. The van der Waals surface area contributed by atoms with E-state index in [9.17, 15) is 0 Å². The molecule has 0 aromatic carbocycles. The van der Waals surface area contributed by atoms with Crippen molar-refractivity contribution in [1.29, 1.82) is 0 Å². The molecule has 1 nitrogen and oxygen atoms in total. The zero-order valence-electron chi connectivity index (χ0n) is 9.02. The molecule has 0 unspecified atom stereocenters. The third-order valence-corrected chi connectivity index (χ3v) is 2.60. The van der Waals surface area contributed by atoms with E-state index in [0.717, 1.165) is 17.5 Å². The van der Waals surface area contributed by atoms with Gasteiger partial charge in [-0.2, -0.15) is 0 Å². The highest BCUT2D eigenvalue weighted by atomic mass is 32.1. The van der Waals surface area contributed by atoms with Gasteiger partial charge in [0.1, 0.15) is 0 Å². The molecular formula is C11H21NS. The first-order valence-corrected chi connectivity index (χ1v) is 5.67. The van der Waals surface area contributed by atoms with Gasteiger partial charge in [-0.25, -0.2) is 0 Å². The van der Waals surface area contributed by atoms with Gasteiger partial charge in [0, 0.05) is 6.04 Å². The van der Waals surface area contributed by atoms with Crippen molar-refractivity contribution >= 4 is 17.2 Å². The summed E-state index contributed by atoms with van der Waals surface area (Å²) in [6, 6.07) is 0.724. The lowest BCUT2D eigenvalue weighted by Gasteiger charge is -2.17. The van der Waals surface area contributed by atoms with Crippen LogP contribution >= 0.6 is 12.2 Å². The number of thiocarbonyl (C=S) groups is 1. The average Bonchev–Trinajstić information content (AvgIpc) is 2.68. The summed E-state index contributed by atoms with van der Waals surface area (Å²) in [5, 5.41) is 3.37. The van der Waals surface area contributed by atoms with Gasteiger partial charge in [0.05, 0.1) is 4.99 Å². The summed E-state index contributed by atoms with van der Waals surface area (Å²) < 4.78 is 0. The van der Waals surface area contributed by atoms with E-state index in [4.69, 9.17) is 12.2 Å². The zero-order valence-corrected chi connectivity index (χ0v) is 9.84. The monoisotopic (exact) mass is 199 g/mol. The van der Waals surface area contributed by atoms with E-state index < -0.39 is 0 Å². The molecule has 0 radical (unpaired) electrons. The van der Waals surface area contributed by atoms with Crippen LogP contribution in [-0.2, 0) is 0 Å². The number of hydrogen-bond acceptors (Lipinski definition) is 1. The summed E-state index contributed by atoms with van der Waals surface area (Å²) >= 11 is 5.25. The van der Waals surface area contributed by atoms with E-state index >= 15 is 0 Å². The van der Waals surface area contributed by atoms with Crippen molar-refractivity contribution < 1.29 is 0 Å². The molecule has 1 aliphatic carbocycles. The first kappa shape index (κ1) is 11.0. The summed E-state index contributed by atoms with van der Waals surface area (Å²) in [6.45, 7) is 6.85. The maximum absolute atomic E-state index is 5.25. The summed E-state index contributed by atoms with van der Waals surface area (Å²) in [6.07, 6.45) is 6.20. The van der Waals surface area contributed by atoms with Crippen molar-refractivity contribution in [2.45, 2.75) is 58.9 Å². The molecule has 1 N–H and O–H groups in total. The second-order valence-corrected chi connectivity index (χ2v) is 5.75. The van der Waals surface area contributed by atoms with Crippen LogP contribution in [0.4, 0.5) is 0 Å². The largest absolute Gasteiger partial charge is 0.377 e. The Kier molecular flexibility index (Phi) is 3.72. The molecule has 1 fully saturated rings. The fourth-order valence-electron chi connectivity index (χ4n) is 1.31. The van der Waals surface area contributed by atoms with Gasteiger partial charge in [-0.1, -0.05) is 33.0 Å². The van der Waals surface area contributed by atoms with Gasteiger partial charge in [0.15, 0.2) is 0 Å². The molecule has 0 bridgehead atoms. The van der Waals surface area contributed by atoms with Crippen LogP contribution < -0.4 is 5.32 Å². The summed E-state index contributed by atoms with van der Waals surface area (Å²) in [4.78, 5) is 1.08. The Labute approximate surface area is 87.3 Å². The van der Waals surface area contributed by atoms with Crippen LogP contribution in [0.15, 0.2) is 0 Å². The van der Waals surface area contributed by atoms with Crippen molar-refractivity contribution in [3.05, 3.63) is 0 Å². The van der Waals surface area contributed by atoms with Crippen LogP contribution in [0.1, 0.15) is 52.9 Å². The maximum atomic E-state index is 5.25. The summed E-state index contributed by atoms with van der Waals surface area (Å²) in [5.41, 5.74) is 0.454. The molecule has 1 saturated carbocycles. The second-order valence-electron chi connectivity index (χ2n) is 5.26. The predicted molar refractivity (Wildman–Crippen MR) is 62.1 cm³/mol. The van der Waals surface area contributed by atoms with Gasteiger partial charge in [0.2, 0.25) is 0 Å². The van der Waals surface area contributed by atoms with Gasteiger partial charge >= 0.3 is 0 Å². The zero-order chi connectivity index (χ0) is 9.90. The number of nitrogens with one attached hydrogen (secondary N) is 1. The molecule has 0 saturated heterocycles. The van der Waals surface area contributed by atoms with Crippen LogP contribution in [0.5, 0.6) is 0 Å². The highest BCUT2D eigenvalue weighted by Gasteiger charge is 2.21. The Morgan fingerprint density at radius 3 is 2.46 bits per heavy atom. The quantitative estimate of drug-likeness (QED) is 0.697. The van der Waals surface area contributed by atoms with Crippen molar-refractivity contribution in [2.75, 3.05) is 0 Å². The minimum Gasteiger partial charge on any atom is -0.377 e. The standard InChI is InChI=1S/C11H21NS/c1-11(2,3)8-4-5-10(13)12-9-6-7-9/h9H,4-8H2,1-3H3,(H,12,13). The van der Waals surface area contributed by atoms with Gasteiger partial charge in [-0.3, -0.25) is 0 Å². The fraction of sp³-hybridized carbons (Fsp3) is 0.909.